The highest BCUT2D eigenvalue weighted by molar-refractivity contribution is 7.99. The molecule has 3 aliphatic rings. The van der Waals surface area contributed by atoms with Gasteiger partial charge in [-0.3, -0.25) is 9.36 Å². The highest BCUT2D eigenvalue weighted by atomic mass is 32.2. The summed E-state index contributed by atoms with van der Waals surface area (Å²) in [4.78, 5) is 17.6. The van der Waals surface area contributed by atoms with Crippen LogP contribution in [0, 0.1) is 5.92 Å². The number of nitrogens with zero attached hydrogens (tertiary/aromatic N) is 5. The molecule has 8 heteroatoms. The molecule has 0 bridgehead atoms. The van der Waals surface area contributed by atoms with Gasteiger partial charge in [0.1, 0.15) is 0 Å². The third-order valence-corrected chi connectivity index (χ3v) is 8.01. The SMILES string of the molecule is O=C(CSc1nnc(N2CCOCC2)n1Cc1ccccc1)N1CCC[C@H]2CCCC[C@@H]21. The van der Waals surface area contributed by atoms with E-state index in [2.05, 4.69) is 48.8 Å². The minimum absolute atomic E-state index is 0.258. The van der Waals surface area contributed by atoms with E-state index in [-0.39, 0.29) is 5.91 Å². The number of likely N-dealkylation sites (tertiary alicyclic amines) is 1. The fourth-order valence-corrected chi connectivity index (χ4v) is 6.25. The molecule has 1 aliphatic carbocycles. The standard InChI is InChI=1S/C24H33N5O2S/c30-22(28-12-6-10-20-9-4-5-11-21(20)28)18-32-24-26-25-23(27-13-15-31-16-14-27)29(24)17-19-7-2-1-3-8-19/h1-3,7-8,20-21H,4-6,9-18H2/t20-,21+/m1/s1. The van der Waals surface area contributed by atoms with Gasteiger partial charge in [-0.15, -0.1) is 10.2 Å². The van der Waals surface area contributed by atoms with Gasteiger partial charge in [0.2, 0.25) is 11.9 Å². The highest BCUT2D eigenvalue weighted by Gasteiger charge is 2.35. The second kappa shape index (κ2) is 10.3. The summed E-state index contributed by atoms with van der Waals surface area (Å²) < 4.78 is 7.69. The average molecular weight is 456 g/mol. The number of carbonyl (C=O) groups excluding carboxylic acids is 1. The maximum Gasteiger partial charge on any atom is 0.233 e. The molecular formula is C24H33N5O2S. The molecule has 1 saturated carbocycles. The zero-order chi connectivity index (χ0) is 21.8. The van der Waals surface area contributed by atoms with E-state index in [1.807, 2.05) is 6.07 Å². The first-order valence-electron chi connectivity index (χ1n) is 12.0. The second-order valence-electron chi connectivity index (χ2n) is 9.08. The number of anilines is 1. The van der Waals surface area contributed by atoms with Crippen LogP contribution in [0.5, 0.6) is 0 Å². The van der Waals surface area contributed by atoms with Crippen LogP contribution in [0.1, 0.15) is 44.1 Å². The van der Waals surface area contributed by atoms with Gasteiger partial charge in [0, 0.05) is 25.7 Å². The van der Waals surface area contributed by atoms with Gasteiger partial charge >= 0.3 is 0 Å². The van der Waals surface area contributed by atoms with Crippen molar-refractivity contribution in [2.24, 2.45) is 5.92 Å². The van der Waals surface area contributed by atoms with Crippen molar-refractivity contribution in [2.45, 2.75) is 56.3 Å². The molecule has 3 fully saturated rings. The average Bonchev–Trinajstić information content (AvgIpc) is 3.25. The zero-order valence-electron chi connectivity index (χ0n) is 18.7. The van der Waals surface area contributed by atoms with Crippen molar-refractivity contribution in [3.63, 3.8) is 0 Å². The Bertz CT molecular complexity index is 897. The minimum Gasteiger partial charge on any atom is -0.378 e. The number of morpholine rings is 1. The number of benzene rings is 1. The summed E-state index contributed by atoms with van der Waals surface area (Å²) in [5.41, 5.74) is 1.20. The van der Waals surface area contributed by atoms with Crippen molar-refractivity contribution >= 4 is 23.6 Å². The molecular weight excluding hydrogens is 422 g/mol. The van der Waals surface area contributed by atoms with Gasteiger partial charge in [-0.1, -0.05) is 54.9 Å². The number of fused-ring (bicyclic) bond motifs is 1. The summed E-state index contributed by atoms with van der Waals surface area (Å²) in [7, 11) is 0. The number of piperidine rings is 1. The van der Waals surface area contributed by atoms with Gasteiger partial charge in [0.25, 0.3) is 0 Å². The summed E-state index contributed by atoms with van der Waals surface area (Å²) in [5.74, 6) is 2.27. The Kier molecular flexibility index (Phi) is 6.97. The lowest BCUT2D eigenvalue weighted by Crippen LogP contribution is -2.50. The largest absolute Gasteiger partial charge is 0.378 e. The van der Waals surface area contributed by atoms with Crippen LogP contribution >= 0.6 is 11.8 Å². The van der Waals surface area contributed by atoms with Crippen LogP contribution in [0.4, 0.5) is 5.95 Å². The van der Waals surface area contributed by atoms with Crippen LogP contribution in [0.2, 0.25) is 0 Å². The molecule has 2 atom stereocenters. The van der Waals surface area contributed by atoms with Gasteiger partial charge in [0.15, 0.2) is 5.16 Å². The van der Waals surface area contributed by atoms with E-state index in [0.717, 1.165) is 37.2 Å². The smallest absolute Gasteiger partial charge is 0.233 e. The van der Waals surface area contributed by atoms with E-state index in [1.165, 1.54) is 49.4 Å². The highest BCUT2D eigenvalue weighted by Crippen LogP contribution is 2.36. The molecule has 5 rings (SSSR count). The van der Waals surface area contributed by atoms with Crippen LogP contribution in [-0.2, 0) is 16.1 Å². The monoisotopic (exact) mass is 455 g/mol. The Hall–Kier alpha value is -2.06. The van der Waals surface area contributed by atoms with E-state index >= 15 is 0 Å². The third kappa shape index (κ3) is 4.81. The van der Waals surface area contributed by atoms with Gasteiger partial charge in [-0.2, -0.15) is 0 Å². The third-order valence-electron chi connectivity index (χ3n) is 7.06. The van der Waals surface area contributed by atoms with E-state index in [1.54, 1.807) is 0 Å². The molecule has 2 saturated heterocycles. The predicted molar refractivity (Wildman–Crippen MR) is 126 cm³/mol. The summed E-state index contributed by atoms with van der Waals surface area (Å²) in [6.45, 7) is 4.65. The van der Waals surface area contributed by atoms with E-state index in [9.17, 15) is 4.79 Å². The number of aromatic nitrogens is 3. The van der Waals surface area contributed by atoms with Gasteiger partial charge < -0.3 is 14.5 Å². The van der Waals surface area contributed by atoms with Crippen LogP contribution < -0.4 is 4.90 Å². The zero-order valence-corrected chi connectivity index (χ0v) is 19.5. The number of carbonyl (C=O) groups is 1. The predicted octanol–water partition coefficient (Wildman–Crippen LogP) is 3.44. The summed E-state index contributed by atoms with van der Waals surface area (Å²) >= 11 is 1.53. The molecule has 7 nitrogen and oxygen atoms in total. The van der Waals surface area contributed by atoms with Crippen LogP contribution in [-0.4, -0.2) is 70.2 Å². The molecule has 2 aliphatic heterocycles. The normalized spacial score (nSPS) is 23.8. The van der Waals surface area contributed by atoms with E-state index in [0.29, 0.717) is 37.5 Å². The summed E-state index contributed by atoms with van der Waals surface area (Å²) in [5, 5.41) is 9.86. The fourth-order valence-electron chi connectivity index (χ4n) is 5.43. The van der Waals surface area contributed by atoms with Crippen molar-refractivity contribution in [3.8, 4) is 0 Å². The first kappa shape index (κ1) is 21.8. The van der Waals surface area contributed by atoms with Crippen LogP contribution in [0.3, 0.4) is 0 Å². The van der Waals surface area contributed by atoms with Crippen molar-refractivity contribution < 1.29 is 9.53 Å². The molecule has 1 amide bonds. The fraction of sp³-hybridized carbons (Fsp3) is 0.625. The topological polar surface area (TPSA) is 63.5 Å². The Labute approximate surface area is 194 Å². The lowest BCUT2D eigenvalue weighted by Gasteiger charge is -2.44. The maximum atomic E-state index is 13.2. The molecule has 2 aromatic rings. The first-order valence-corrected chi connectivity index (χ1v) is 13.0. The molecule has 0 spiro atoms. The molecule has 0 unspecified atom stereocenters. The van der Waals surface area contributed by atoms with Crippen molar-refractivity contribution in [1.29, 1.82) is 0 Å². The molecule has 1 aromatic carbocycles. The lowest BCUT2D eigenvalue weighted by molar-refractivity contribution is -0.134. The van der Waals surface area contributed by atoms with Gasteiger partial charge in [0.05, 0.1) is 25.5 Å². The van der Waals surface area contributed by atoms with E-state index < -0.39 is 0 Å². The molecule has 0 radical (unpaired) electrons. The van der Waals surface area contributed by atoms with Crippen molar-refractivity contribution in [2.75, 3.05) is 43.5 Å². The van der Waals surface area contributed by atoms with Crippen LogP contribution in [0.25, 0.3) is 0 Å². The Morgan fingerprint density at radius 3 is 2.62 bits per heavy atom. The summed E-state index contributed by atoms with van der Waals surface area (Å²) in [6, 6.07) is 10.9. The Morgan fingerprint density at radius 1 is 1.00 bits per heavy atom. The number of ether oxygens (including phenoxy) is 1. The maximum absolute atomic E-state index is 13.2. The molecule has 3 heterocycles. The molecule has 0 N–H and O–H groups in total. The number of amides is 1. The second-order valence-corrected chi connectivity index (χ2v) is 10.0. The van der Waals surface area contributed by atoms with Gasteiger partial charge in [-0.25, -0.2) is 0 Å². The number of thioether (sulfide) groups is 1. The van der Waals surface area contributed by atoms with Crippen LogP contribution in [0.15, 0.2) is 35.5 Å². The lowest BCUT2D eigenvalue weighted by atomic mass is 9.78. The molecule has 172 valence electrons. The first-order chi connectivity index (χ1) is 15.8. The number of hydrogen-bond donors (Lipinski definition) is 0. The quantitative estimate of drug-likeness (QED) is 0.622. The Balaban J connectivity index is 1.31. The van der Waals surface area contributed by atoms with E-state index in [4.69, 9.17) is 4.74 Å². The molecule has 32 heavy (non-hydrogen) atoms. The molecule has 1 aromatic heterocycles. The van der Waals surface area contributed by atoms with Crippen molar-refractivity contribution in [3.05, 3.63) is 35.9 Å². The van der Waals surface area contributed by atoms with Gasteiger partial charge in [-0.05, 0) is 37.2 Å². The number of rotatable bonds is 6. The minimum atomic E-state index is 0.258. The summed E-state index contributed by atoms with van der Waals surface area (Å²) in [6.07, 6.45) is 7.47. The Morgan fingerprint density at radius 2 is 1.78 bits per heavy atom. The van der Waals surface area contributed by atoms with Crippen molar-refractivity contribution in [1.82, 2.24) is 19.7 Å². The number of hydrogen-bond acceptors (Lipinski definition) is 6.